The van der Waals surface area contributed by atoms with Gasteiger partial charge in [0.2, 0.25) is 5.89 Å². The molecule has 0 saturated carbocycles. The Labute approximate surface area is 148 Å². The Kier molecular flexibility index (Phi) is 4.03. The SMILES string of the molecule is O=C(Oc1ccc(-c2nc3ccccc3c(=O)o2)cc1)c1ccccc1. The summed E-state index contributed by atoms with van der Waals surface area (Å²) in [6.45, 7) is 0. The van der Waals surface area contributed by atoms with Gasteiger partial charge >= 0.3 is 11.6 Å². The largest absolute Gasteiger partial charge is 0.423 e. The van der Waals surface area contributed by atoms with Gasteiger partial charge in [0.15, 0.2) is 0 Å². The molecule has 4 rings (SSSR count). The zero-order valence-corrected chi connectivity index (χ0v) is 13.6. The third-order valence-corrected chi connectivity index (χ3v) is 3.86. The number of carbonyl (C=O) groups is 1. The molecule has 0 spiro atoms. The molecule has 0 aliphatic carbocycles. The summed E-state index contributed by atoms with van der Waals surface area (Å²) in [5.41, 5.74) is 1.22. The van der Waals surface area contributed by atoms with E-state index in [1.54, 1.807) is 66.7 Å². The molecule has 0 atom stereocenters. The third-order valence-electron chi connectivity index (χ3n) is 3.86. The minimum absolute atomic E-state index is 0.217. The quantitative estimate of drug-likeness (QED) is 0.414. The minimum atomic E-state index is -0.440. The van der Waals surface area contributed by atoms with Gasteiger partial charge in [0.05, 0.1) is 16.5 Å². The van der Waals surface area contributed by atoms with Gasteiger partial charge in [0.1, 0.15) is 5.75 Å². The van der Waals surface area contributed by atoms with Gasteiger partial charge in [0.25, 0.3) is 0 Å². The second-order valence-corrected chi connectivity index (χ2v) is 5.60. The highest BCUT2D eigenvalue weighted by Gasteiger charge is 2.10. The Balaban J connectivity index is 1.60. The van der Waals surface area contributed by atoms with E-state index in [2.05, 4.69) is 4.98 Å². The van der Waals surface area contributed by atoms with Crippen LogP contribution in [0.5, 0.6) is 5.75 Å². The van der Waals surface area contributed by atoms with Crippen molar-refractivity contribution < 1.29 is 13.9 Å². The summed E-state index contributed by atoms with van der Waals surface area (Å²) in [4.78, 5) is 28.5. The lowest BCUT2D eigenvalue weighted by Crippen LogP contribution is -2.08. The number of hydrogen-bond donors (Lipinski definition) is 0. The molecule has 0 unspecified atom stereocenters. The summed E-state index contributed by atoms with van der Waals surface area (Å²) in [5.74, 6) is 0.175. The predicted octanol–water partition coefficient (Wildman–Crippen LogP) is 4.07. The Morgan fingerprint density at radius 2 is 1.54 bits per heavy atom. The van der Waals surface area contributed by atoms with Crippen molar-refractivity contribution in [3.63, 3.8) is 0 Å². The number of benzene rings is 3. The van der Waals surface area contributed by atoms with Gasteiger partial charge in [-0.3, -0.25) is 0 Å². The van der Waals surface area contributed by atoms with E-state index in [0.717, 1.165) is 0 Å². The topological polar surface area (TPSA) is 69.4 Å². The summed E-state index contributed by atoms with van der Waals surface area (Å²) in [7, 11) is 0. The standard InChI is InChI=1S/C21H13NO4/c23-20(15-6-2-1-3-7-15)25-16-12-10-14(11-13-16)19-22-18-9-5-4-8-17(18)21(24)26-19/h1-13H. The molecule has 4 aromatic rings. The maximum Gasteiger partial charge on any atom is 0.347 e. The zero-order chi connectivity index (χ0) is 17.9. The van der Waals surface area contributed by atoms with Crippen LogP contribution in [0.4, 0.5) is 0 Å². The maximum absolute atomic E-state index is 12.1. The van der Waals surface area contributed by atoms with Crippen LogP contribution in [-0.4, -0.2) is 11.0 Å². The highest BCUT2D eigenvalue weighted by atomic mass is 16.5. The number of hydrogen-bond acceptors (Lipinski definition) is 5. The number of esters is 1. The zero-order valence-electron chi connectivity index (χ0n) is 13.6. The molecular weight excluding hydrogens is 330 g/mol. The van der Waals surface area contributed by atoms with E-state index in [9.17, 15) is 9.59 Å². The molecule has 0 radical (unpaired) electrons. The fraction of sp³-hybridized carbons (Fsp3) is 0. The highest BCUT2D eigenvalue weighted by Crippen LogP contribution is 2.22. The minimum Gasteiger partial charge on any atom is -0.423 e. The molecule has 1 heterocycles. The van der Waals surface area contributed by atoms with Crippen molar-refractivity contribution in [2.75, 3.05) is 0 Å². The van der Waals surface area contributed by atoms with Crippen molar-refractivity contribution >= 4 is 16.9 Å². The summed E-state index contributed by atoms with van der Waals surface area (Å²) in [5, 5.41) is 0.435. The molecule has 5 heteroatoms. The van der Waals surface area contributed by atoms with Crippen molar-refractivity contribution in [2.45, 2.75) is 0 Å². The van der Waals surface area contributed by atoms with Crippen molar-refractivity contribution in [1.29, 1.82) is 0 Å². The van der Waals surface area contributed by atoms with Crippen LogP contribution in [0.2, 0.25) is 0 Å². The fourth-order valence-electron chi connectivity index (χ4n) is 2.55. The molecule has 5 nitrogen and oxygen atoms in total. The van der Waals surface area contributed by atoms with Crippen LogP contribution < -0.4 is 10.4 Å². The van der Waals surface area contributed by atoms with Gasteiger partial charge in [-0.15, -0.1) is 0 Å². The fourth-order valence-corrected chi connectivity index (χ4v) is 2.55. The molecule has 1 aromatic heterocycles. The number of para-hydroxylation sites is 1. The number of ether oxygens (including phenoxy) is 1. The molecule has 0 amide bonds. The predicted molar refractivity (Wildman–Crippen MR) is 97.1 cm³/mol. The first kappa shape index (κ1) is 15.8. The lowest BCUT2D eigenvalue weighted by Gasteiger charge is -2.05. The monoisotopic (exact) mass is 343 g/mol. The van der Waals surface area contributed by atoms with E-state index in [1.165, 1.54) is 0 Å². The number of nitrogens with zero attached hydrogens (tertiary/aromatic N) is 1. The van der Waals surface area contributed by atoms with Crippen LogP contribution in [0.1, 0.15) is 10.4 Å². The van der Waals surface area contributed by atoms with E-state index < -0.39 is 11.6 Å². The summed E-state index contributed by atoms with van der Waals surface area (Å²) in [6.07, 6.45) is 0. The summed E-state index contributed by atoms with van der Waals surface area (Å²) in [6, 6.07) is 22.4. The Morgan fingerprint density at radius 1 is 0.846 bits per heavy atom. The lowest BCUT2D eigenvalue weighted by atomic mass is 10.2. The Hall–Kier alpha value is -3.73. The van der Waals surface area contributed by atoms with E-state index in [4.69, 9.17) is 9.15 Å². The van der Waals surface area contributed by atoms with Gasteiger partial charge in [-0.2, -0.15) is 0 Å². The number of aromatic nitrogens is 1. The van der Waals surface area contributed by atoms with Gasteiger partial charge in [0, 0.05) is 5.56 Å². The van der Waals surface area contributed by atoms with Gasteiger partial charge in [-0.05, 0) is 48.5 Å². The van der Waals surface area contributed by atoms with Crippen LogP contribution in [0.3, 0.4) is 0 Å². The molecule has 0 aliphatic heterocycles. The van der Waals surface area contributed by atoms with Gasteiger partial charge in [-0.1, -0.05) is 30.3 Å². The first-order valence-corrected chi connectivity index (χ1v) is 7.98. The lowest BCUT2D eigenvalue weighted by molar-refractivity contribution is 0.0735. The Bertz CT molecular complexity index is 1130. The molecule has 0 bridgehead atoms. The van der Waals surface area contributed by atoms with Crippen molar-refractivity contribution in [3.05, 3.63) is 94.8 Å². The first-order valence-electron chi connectivity index (χ1n) is 7.98. The molecule has 26 heavy (non-hydrogen) atoms. The number of rotatable bonds is 3. The van der Waals surface area contributed by atoms with Crippen molar-refractivity contribution in [1.82, 2.24) is 4.98 Å². The first-order chi connectivity index (χ1) is 12.7. The van der Waals surface area contributed by atoms with Crippen LogP contribution >= 0.6 is 0 Å². The van der Waals surface area contributed by atoms with Crippen molar-refractivity contribution in [3.8, 4) is 17.2 Å². The molecule has 0 N–H and O–H groups in total. The molecule has 3 aromatic carbocycles. The maximum atomic E-state index is 12.1. The second-order valence-electron chi connectivity index (χ2n) is 5.60. The number of fused-ring (bicyclic) bond motifs is 1. The summed E-state index contributed by atoms with van der Waals surface area (Å²) >= 11 is 0. The normalized spacial score (nSPS) is 10.6. The summed E-state index contributed by atoms with van der Waals surface area (Å²) < 4.78 is 10.6. The van der Waals surface area contributed by atoms with Gasteiger partial charge < -0.3 is 9.15 Å². The highest BCUT2D eigenvalue weighted by molar-refractivity contribution is 5.91. The van der Waals surface area contributed by atoms with E-state index in [0.29, 0.717) is 27.8 Å². The third kappa shape index (κ3) is 3.10. The van der Waals surface area contributed by atoms with Crippen LogP contribution in [-0.2, 0) is 0 Å². The number of carbonyl (C=O) groups excluding carboxylic acids is 1. The average Bonchev–Trinajstić information content (AvgIpc) is 2.69. The Morgan fingerprint density at radius 3 is 2.31 bits per heavy atom. The van der Waals surface area contributed by atoms with Crippen LogP contribution in [0.25, 0.3) is 22.4 Å². The smallest absolute Gasteiger partial charge is 0.347 e. The van der Waals surface area contributed by atoms with E-state index in [1.807, 2.05) is 12.1 Å². The van der Waals surface area contributed by atoms with Gasteiger partial charge in [-0.25, -0.2) is 14.6 Å². The van der Waals surface area contributed by atoms with E-state index in [-0.39, 0.29) is 5.89 Å². The second kappa shape index (κ2) is 6.64. The van der Waals surface area contributed by atoms with Crippen LogP contribution in [0, 0.1) is 0 Å². The molecular formula is C21H13NO4. The molecule has 0 aliphatic rings. The average molecular weight is 343 g/mol. The molecule has 0 saturated heterocycles. The molecule has 126 valence electrons. The van der Waals surface area contributed by atoms with Crippen LogP contribution in [0.15, 0.2) is 88.1 Å². The van der Waals surface area contributed by atoms with E-state index >= 15 is 0 Å². The molecule has 0 fully saturated rings. The van der Waals surface area contributed by atoms with Crippen molar-refractivity contribution in [2.24, 2.45) is 0 Å².